The van der Waals surface area contributed by atoms with Crippen LogP contribution in [0.5, 0.6) is 11.5 Å². The second-order valence-corrected chi connectivity index (χ2v) is 6.98. The van der Waals surface area contributed by atoms with Crippen LogP contribution in [-0.4, -0.2) is 66.2 Å². The summed E-state index contributed by atoms with van der Waals surface area (Å²) in [5.74, 6) is 0.519. The van der Waals surface area contributed by atoms with Gasteiger partial charge in [-0.05, 0) is 33.0 Å². The van der Waals surface area contributed by atoms with E-state index in [0.29, 0.717) is 37.8 Å². The van der Waals surface area contributed by atoms with E-state index in [4.69, 9.17) is 9.47 Å². The third-order valence-electron chi connectivity index (χ3n) is 3.36. The molecule has 8 nitrogen and oxygen atoms in total. The highest BCUT2D eigenvalue weighted by atomic mass is 32.2. The molecule has 142 valence electrons. The van der Waals surface area contributed by atoms with E-state index >= 15 is 0 Å². The maximum absolute atomic E-state index is 12.4. The van der Waals surface area contributed by atoms with Crippen molar-refractivity contribution in [2.24, 2.45) is 0 Å². The van der Waals surface area contributed by atoms with Crippen LogP contribution in [0.4, 0.5) is 0 Å². The number of hydrogen-bond donors (Lipinski definition) is 2. The number of amides is 1. The Labute approximate surface area is 149 Å². The summed E-state index contributed by atoms with van der Waals surface area (Å²) in [6, 6.07) is 4.36. The van der Waals surface area contributed by atoms with Gasteiger partial charge in [0.2, 0.25) is 15.9 Å². The Morgan fingerprint density at radius 2 is 1.80 bits per heavy atom. The summed E-state index contributed by atoms with van der Waals surface area (Å²) < 4.78 is 38.0. The zero-order valence-electron chi connectivity index (χ0n) is 15.2. The fourth-order valence-electron chi connectivity index (χ4n) is 1.98. The number of sulfonamides is 1. The topological polar surface area (TPSA) is 97.0 Å². The van der Waals surface area contributed by atoms with Gasteiger partial charge in [-0.2, -0.15) is 0 Å². The van der Waals surface area contributed by atoms with Crippen molar-refractivity contribution in [3.63, 3.8) is 0 Å². The minimum atomic E-state index is -3.83. The van der Waals surface area contributed by atoms with Crippen LogP contribution in [0.15, 0.2) is 23.1 Å². The number of hydrogen-bond acceptors (Lipinski definition) is 6. The molecule has 0 aliphatic heterocycles. The molecule has 1 aromatic rings. The SMILES string of the molecule is CCOc1ccc(S(=O)(=O)NCC(=O)N(C)CCNC)cc1OCC. The van der Waals surface area contributed by atoms with Crippen molar-refractivity contribution in [3.8, 4) is 11.5 Å². The molecule has 0 heterocycles. The van der Waals surface area contributed by atoms with Crippen molar-refractivity contribution in [2.75, 3.05) is 46.9 Å². The summed E-state index contributed by atoms with van der Waals surface area (Å²) in [7, 11) is -0.427. The molecular weight excluding hydrogens is 346 g/mol. The Kier molecular flexibility index (Phi) is 8.67. The van der Waals surface area contributed by atoms with E-state index in [1.807, 2.05) is 6.92 Å². The van der Waals surface area contributed by atoms with Crippen LogP contribution in [0.2, 0.25) is 0 Å². The molecule has 0 unspecified atom stereocenters. The molecule has 0 radical (unpaired) electrons. The molecule has 0 bridgehead atoms. The van der Waals surface area contributed by atoms with E-state index in [1.54, 1.807) is 27.1 Å². The lowest BCUT2D eigenvalue weighted by molar-refractivity contribution is -0.128. The van der Waals surface area contributed by atoms with E-state index in [2.05, 4.69) is 10.0 Å². The van der Waals surface area contributed by atoms with Gasteiger partial charge in [0.15, 0.2) is 11.5 Å². The van der Waals surface area contributed by atoms with E-state index < -0.39 is 10.0 Å². The van der Waals surface area contributed by atoms with Gasteiger partial charge in [0, 0.05) is 26.2 Å². The fraction of sp³-hybridized carbons (Fsp3) is 0.562. The van der Waals surface area contributed by atoms with Crippen LogP contribution in [-0.2, 0) is 14.8 Å². The number of benzene rings is 1. The molecule has 0 saturated carbocycles. The minimum absolute atomic E-state index is 0.0186. The molecule has 0 aliphatic carbocycles. The molecule has 0 aliphatic rings. The van der Waals surface area contributed by atoms with Crippen LogP contribution < -0.4 is 19.5 Å². The van der Waals surface area contributed by atoms with Crippen LogP contribution >= 0.6 is 0 Å². The van der Waals surface area contributed by atoms with Gasteiger partial charge in [-0.25, -0.2) is 13.1 Å². The van der Waals surface area contributed by atoms with Crippen molar-refractivity contribution >= 4 is 15.9 Å². The fourth-order valence-corrected chi connectivity index (χ4v) is 2.97. The lowest BCUT2D eigenvalue weighted by Gasteiger charge is -2.17. The zero-order valence-corrected chi connectivity index (χ0v) is 16.0. The first kappa shape index (κ1) is 21.2. The summed E-state index contributed by atoms with van der Waals surface area (Å²) in [5, 5.41) is 2.93. The number of carbonyl (C=O) groups excluding carboxylic acids is 1. The molecule has 0 fully saturated rings. The van der Waals surface area contributed by atoms with E-state index in [9.17, 15) is 13.2 Å². The van der Waals surface area contributed by atoms with Crippen molar-refractivity contribution in [1.82, 2.24) is 14.9 Å². The normalized spacial score (nSPS) is 11.2. The van der Waals surface area contributed by atoms with Gasteiger partial charge in [-0.1, -0.05) is 0 Å². The average Bonchev–Trinajstić information content (AvgIpc) is 2.59. The molecule has 9 heteroatoms. The average molecular weight is 373 g/mol. The van der Waals surface area contributed by atoms with Crippen LogP contribution in [0.25, 0.3) is 0 Å². The first-order valence-electron chi connectivity index (χ1n) is 8.13. The molecule has 1 aromatic carbocycles. The number of ether oxygens (including phenoxy) is 2. The second-order valence-electron chi connectivity index (χ2n) is 5.22. The number of likely N-dealkylation sites (N-methyl/N-ethyl adjacent to an activating group) is 2. The Hall–Kier alpha value is -1.84. The van der Waals surface area contributed by atoms with Gasteiger partial charge in [0.05, 0.1) is 24.7 Å². The molecule has 1 rings (SSSR count). The largest absolute Gasteiger partial charge is 0.490 e. The van der Waals surface area contributed by atoms with Gasteiger partial charge < -0.3 is 19.7 Å². The van der Waals surface area contributed by atoms with Crippen LogP contribution in [0, 0.1) is 0 Å². The van der Waals surface area contributed by atoms with Crippen molar-refractivity contribution < 1.29 is 22.7 Å². The third-order valence-corrected chi connectivity index (χ3v) is 4.76. The van der Waals surface area contributed by atoms with Gasteiger partial charge >= 0.3 is 0 Å². The summed E-state index contributed by atoms with van der Waals surface area (Å²) in [4.78, 5) is 13.4. The van der Waals surface area contributed by atoms with Gasteiger partial charge in [-0.15, -0.1) is 0 Å². The quantitative estimate of drug-likeness (QED) is 0.584. The highest BCUT2D eigenvalue weighted by Crippen LogP contribution is 2.30. The number of nitrogens with zero attached hydrogens (tertiary/aromatic N) is 1. The predicted molar refractivity (Wildman–Crippen MR) is 95.5 cm³/mol. The van der Waals surface area contributed by atoms with Crippen molar-refractivity contribution in [1.29, 1.82) is 0 Å². The van der Waals surface area contributed by atoms with E-state index in [1.165, 1.54) is 17.0 Å². The molecule has 0 atom stereocenters. The Bertz CT molecular complexity index is 664. The summed E-state index contributed by atoms with van der Waals surface area (Å²) in [5.41, 5.74) is 0. The first-order chi connectivity index (χ1) is 11.9. The van der Waals surface area contributed by atoms with E-state index in [0.717, 1.165) is 0 Å². The van der Waals surface area contributed by atoms with Gasteiger partial charge in [0.25, 0.3) is 0 Å². The summed E-state index contributed by atoms with van der Waals surface area (Å²) in [6.07, 6.45) is 0. The molecule has 0 spiro atoms. The lowest BCUT2D eigenvalue weighted by atomic mass is 10.3. The van der Waals surface area contributed by atoms with Crippen molar-refractivity contribution in [3.05, 3.63) is 18.2 Å². The Balaban J connectivity index is 2.84. The zero-order chi connectivity index (χ0) is 18.9. The highest BCUT2D eigenvalue weighted by Gasteiger charge is 2.19. The minimum Gasteiger partial charge on any atom is -0.490 e. The first-order valence-corrected chi connectivity index (χ1v) is 9.61. The molecule has 1 amide bonds. The molecular formula is C16H27N3O5S. The molecule has 0 saturated heterocycles. The Morgan fingerprint density at radius 1 is 1.16 bits per heavy atom. The maximum atomic E-state index is 12.4. The number of nitrogens with one attached hydrogen (secondary N) is 2. The third kappa shape index (κ3) is 6.52. The molecule has 25 heavy (non-hydrogen) atoms. The van der Waals surface area contributed by atoms with E-state index in [-0.39, 0.29) is 17.3 Å². The van der Waals surface area contributed by atoms with Crippen LogP contribution in [0.1, 0.15) is 13.8 Å². The monoisotopic (exact) mass is 373 g/mol. The van der Waals surface area contributed by atoms with Crippen LogP contribution in [0.3, 0.4) is 0 Å². The smallest absolute Gasteiger partial charge is 0.241 e. The highest BCUT2D eigenvalue weighted by molar-refractivity contribution is 7.89. The summed E-state index contributed by atoms with van der Waals surface area (Å²) >= 11 is 0. The predicted octanol–water partition coefficient (Wildman–Crippen LogP) is 0.440. The number of rotatable bonds is 11. The molecule has 0 aromatic heterocycles. The van der Waals surface area contributed by atoms with Crippen molar-refractivity contribution in [2.45, 2.75) is 18.7 Å². The lowest BCUT2D eigenvalue weighted by Crippen LogP contribution is -2.40. The molecule has 2 N–H and O–H groups in total. The van der Waals surface area contributed by atoms with Gasteiger partial charge in [-0.3, -0.25) is 4.79 Å². The Morgan fingerprint density at radius 3 is 2.40 bits per heavy atom. The standard InChI is InChI=1S/C16H27N3O5S/c1-5-23-14-8-7-13(11-15(14)24-6-2)25(21,22)18-12-16(20)19(4)10-9-17-3/h7-8,11,17-18H,5-6,9-10,12H2,1-4H3. The maximum Gasteiger partial charge on any atom is 0.241 e. The van der Waals surface area contributed by atoms with Gasteiger partial charge in [0.1, 0.15) is 0 Å². The number of carbonyl (C=O) groups is 1. The second kappa shape index (κ2) is 10.2. The summed E-state index contributed by atoms with van der Waals surface area (Å²) in [6.45, 7) is 5.27.